The van der Waals surface area contributed by atoms with E-state index in [-0.39, 0.29) is 5.41 Å². The molecule has 0 unspecified atom stereocenters. The second kappa shape index (κ2) is 6.81. The maximum absolute atomic E-state index is 13.9. The maximum atomic E-state index is 13.9. The van der Waals surface area contributed by atoms with Gasteiger partial charge in [-0.1, -0.05) is 68.3 Å². The van der Waals surface area contributed by atoms with E-state index in [9.17, 15) is 8.78 Å². The van der Waals surface area contributed by atoms with E-state index in [0.717, 1.165) is 11.6 Å². The van der Waals surface area contributed by atoms with Crippen LogP contribution in [-0.4, -0.2) is 10.7 Å². The lowest BCUT2D eigenvalue weighted by atomic mass is 9.79. The fourth-order valence-corrected chi connectivity index (χ4v) is 4.18. The number of benzene rings is 2. The number of hydrogen-bond donors (Lipinski definition) is 0. The van der Waals surface area contributed by atoms with Gasteiger partial charge in [0.25, 0.3) is 0 Å². The van der Waals surface area contributed by atoms with E-state index in [4.69, 9.17) is 0 Å². The fraction of sp³-hybridized carbons (Fsp3) is 0.250. The summed E-state index contributed by atoms with van der Waals surface area (Å²) in [7, 11) is 0. The van der Waals surface area contributed by atoms with E-state index in [2.05, 4.69) is 31.9 Å². The summed E-state index contributed by atoms with van der Waals surface area (Å²) in [5, 5.41) is 1.37. The first-order valence-electron chi connectivity index (χ1n) is 6.23. The summed E-state index contributed by atoms with van der Waals surface area (Å²) in [5.41, 5.74) is 1.38. The molecule has 0 fully saturated rings. The molecule has 20 heavy (non-hydrogen) atoms. The summed E-state index contributed by atoms with van der Waals surface area (Å²) < 4.78 is 26.9. The average molecular weight is 404 g/mol. The summed E-state index contributed by atoms with van der Waals surface area (Å²) in [6, 6.07) is 13.7. The van der Waals surface area contributed by atoms with Crippen LogP contribution in [0.4, 0.5) is 8.78 Å². The van der Waals surface area contributed by atoms with Crippen molar-refractivity contribution in [2.24, 2.45) is 0 Å². The summed E-state index contributed by atoms with van der Waals surface area (Å²) in [4.78, 5) is 0. The lowest BCUT2D eigenvalue weighted by molar-refractivity contribution is 0.515. The smallest absolute Gasteiger partial charge is 0.129 e. The van der Waals surface area contributed by atoms with E-state index >= 15 is 0 Å². The van der Waals surface area contributed by atoms with Gasteiger partial charge in [0.05, 0.1) is 0 Å². The molecule has 0 aliphatic heterocycles. The van der Waals surface area contributed by atoms with Crippen LogP contribution < -0.4 is 0 Å². The SMILES string of the molecule is Fc1ccc(CC(CBr)(CBr)c2ccccc2)c(F)c1. The Bertz CT molecular complexity index is 566. The van der Waals surface area contributed by atoms with Gasteiger partial charge >= 0.3 is 0 Å². The molecule has 0 aromatic heterocycles. The first kappa shape index (κ1) is 15.6. The van der Waals surface area contributed by atoms with Crippen LogP contribution in [0.5, 0.6) is 0 Å². The second-order valence-corrected chi connectivity index (χ2v) is 5.95. The number of rotatable bonds is 5. The molecule has 0 N–H and O–H groups in total. The van der Waals surface area contributed by atoms with Crippen LogP contribution in [-0.2, 0) is 11.8 Å². The Morgan fingerprint density at radius 3 is 2.10 bits per heavy atom. The van der Waals surface area contributed by atoms with E-state index < -0.39 is 11.6 Å². The molecule has 0 atom stereocenters. The minimum Gasteiger partial charge on any atom is -0.207 e. The first-order valence-corrected chi connectivity index (χ1v) is 8.47. The largest absolute Gasteiger partial charge is 0.207 e. The Labute approximate surface area is 134 Å². The van der Waals surface area contributed by atoms with Gasteiger partial charge in [-0.05, 0) is 23.6 Å². The van der Waals surface area contributed by atoms with Crippen molar-refractivity contribution in [3.05, 3.63) is 71.3 Å². The first-order chi connectivity index (χ1) is 9.61. The van der Waals surface area contributed by atoms with Crippen molar-refractivity contribution in [3.63, 3.8) is 0 Å². The zero-order valence-corrected chi connectivity index (χ0v) is 13.9. The van der Waals surface area contributed by atoms with Crippen LogP contribution in [0.25, 0.3) is 0 Å². The monoisotopic (exact) mass is 402 g/mol. The lowest BCUT2D eigenvalue weighted by Gasteiger charge is -2.31. The Kier molecular flexibility index (Phi) is 5.33. The van der Waals surface area contributed by atoms with E-state index in [1.165, 1.54) is 12.1 Å². The molecule has 0 aliphatic carbocycles. The van der Waals surface area contributed by atoms with E-state index in [1.54, 1.807) is 0 Å². The molecule has 2 rings (SSSR count). The van der Waals surface area contributed by atoms with Crippen molar-refractivity contribution in [2.75, 3.05) is 10.7 Å². The zero-order valence-electron chi connectivity index (χ0n) is 10.8. The highest BCUT2D eigenvalue weighted by Crippen LogP contribution is 2.33. The van der Waals surface area contributed by atoms with Crippen molar-refractivity contribution in [3.8, 4) is 0 Å². The molecule has 2 aromatic rings. The third-order valence-electron chi connectivity index (χ3n) is 3.44. The standard InChI is InChI=1S/C16H14Br2F2/c17-10-16(11-18,13-4-2-1-3-5-13)9-12-6-7-14(19)8-15(12)20/h1-8H,9-11H2. The van der Waals surface area contributed by atoms with Gasteiger partial charge in [0.15, 0.2) is 0 Å². The maximum Gasteiger partial charge on any atom is 0.129 e. The van der Waals surface area contributed by atoms with Crippen LogP contribution in [0, 0.1) is 11.6 Å². The highest BCUT2D eigenvalue weighted by molar-refractivity contribution is 9.09. The Morgan fingerprint density at radius 2 is 1.55 bits per heavy atom. The second-order valence-electron chi connectivity index (χ2n) is 4.83. The van der Waals surface area contributed by atoms with E-state index in [1.807, 2.05) is 30.3 Å². The third kappa shape index (κ3) is 3.29. The molecule has 4 heteroatoms. The Balaban J connectivity index is 2.39. The molecule has 0 heterocycles. The molecule has 0 spiro atoms. The van der Waals surface area contributed by atoms with Gasteiger partial charge in [-0.15, -0.1) is 0 Å². The van der Waals surface area contributed by atoms with Gasteiger partial charge in [-0.3, -0.25) is 0 Å². The van der Waals surface area contributed by atoms with Crippen molar-refractivity contribution in [1.29, 1.82) is 0 Å². The highest BCUT2D eigenvalue weighted by Gasteiger charge is 2.31. The molecular weight excluding hydrogens is 390 g/mol. The molecule has 0 nitrogen and oxygen atoms in total. The van der Waals surface area contributed by atoms with Crippen LogP contribution >= 0.6 is 31.9 Å². The van der Waals surface area contributed by atoms with Crippen LogP contribution in [0.3, 0.4) is 0 Å². The van der Waals surface area contributed by atoms with Crippen molar-refractivity contribution >= 4 is 31.9 Å². The molecule has 0 amide bonds. The quantitative estimate of drug-likeness (QED) is 0.599. The summed E-state index contributed by atoms with van der Waals surface area (Å²) >= 11 is 7.08. The zero-order chi connectivity index (χ0) is 14.6. The van der Waals surface area contributed by atoms with Crippen LogP contribution in [0.1, 0.15) is 11.1 Å². The molecular formula is C16H14Br2F2. The average Bonchev–Trinajstić information content (AvgIpc) is 2.48. The number of halogens is 4. The fourth-order valence-electron chi connectivity index (χ4n) is 2.21. The summed E-state index contributed by atoms with van der Waals surface area (Å²) in [6.45, 7) is 0. The summed E-state index contributed by atoms with van der Waals surface area (Å²) in [5.74, 6) is -1.04. The number of alkyl halides is 2. The van der Waals surface area contributed by atoms with Crippen molar-refractivity contribution < 1.29 is 8.78 Å². The minimum absolute atomic E-state index is 0.264. The molecule has 0 saturated heterocycles. The predicted octanol–water partition coefficient (Wildman–Crippen LogP) is 5.24. The van der Waals surface area contributed by atoms with Gasteiger partial charge in [-0.25, -0.2) is 8.78 Å². The number of hydrogen-bond acceptors (Lipinski definition) is 0. The van der Waals surface area contributed by atoms with Gasteiger partial charge in [-0.2, -0.15) is 0 Å². The topological polar surface area (TPSA) is 0 Å². The lowest BCUT2D eigenvalue weighted by Crippen LogP contribution is -2.33. The molecule has 0 aliphatic rings. The van der Waals surface area contributed by atoms with Crippen molar-refractivity contribution in [2.45, 2.75) is 11.8 Å². The Hall–Kier alpha value is -0.740. The predicted molar refractivity (Wildman–Crippen MR) is 85.8 cm³/mol. The molecule has 106 valence electrons. The third-order valence-corrected chi connectivity index (χ3v) is 5.59. The molecule has 2 aromatic carbocycles. The van der Waals surface area contributed by atoms with Gasteiger partial charge in [0.1, 0.15) is 11.6 Å². The minimum atomic E-state index is -0.547. The molecule has 0 radical (unpaired) electrons. The molecule has 0 bridgehead atoms. The summed E-state index contributed by atoms with van der Waals surface area (Å²) in [6.07, 6.45) is 0.500. The van der Waals surface area contributed by atoms with Gasteiger partial charge in [0.2, 0.25) is 0 Å². The highest BCUT2D eigenvalue weighted by atomic mass is 79.9. The van der Waals surface area contributed by atoms with Crippen LogP contribution in [0.15, 0.2) is 48.5 Å². The normalized spacial score (nSPS) is 11.6. The van der Waals surface area contributed by atoms with Gasteiger partial charge in [0, 0.05) is 22.1 Å². The van der Waals surface area contributed by atoms with Gasteiger partial charge < -0.3 is 0 Å². The van der Waals surface area contributed by atoms with Crippen LogP contribution in [0.2, 0.25) is 0 Å². The molecule has 0 saturated carbocycles. The van der Waals surface area contributed by atoms with E-state index in [0.29, 0.717) is 22.6 Å². The Morgan fingerprint density at radius 1 is 0.900 bits per heavy atom. The van der Waals surface area contributed by atoms with Crippen molar-refractivity contribution in [1.82, 2.24) is 0 Å².